The van der Waals surface area contributed by atoms with Gasteiger partial charge in [0.25, 0.3) is 0 Å². The van der Waals surface area contributed by atoms with Crippen molar-refractivity contribution in [2.24, 2.45) is 5.41 Å². The van der Waals surface area contributed by atoms with Crippen LogP contribution in [0.25, 0.3) is 0 Å². The topological polar surface area (TPSA) is 18.5 Å². The van der Waals surface area contributed by atoms with Crippen molar-refractivity contribution in [3.05, 3.63) is 76.4 Å². The van der Waals surface area contributed by atoms with E-state index in [0.717, 1.165) is 57.7 Å². The molecule has 0 amide bonds. The van der Waals surface area contributed by atoms with Gasteiger partial charge in [-0.3, -0.25) is 0 Å². The maximum Gasteiger partial charge on any atom is 0.100 e. The number of hydrogen-bond donors (Lipinski definition) is 1. The highest BCUT2D eigenvalue weighted by Gasteiger charge is 2.43. The van der Waals surface area contributed by atoms with E-state index in [2.05, 4.69) is 86.4 Å². The first kappa shape index (κ1) is 27.2. The van der Waals surface area contributed by atoms with Crippen LogP contribution in [0.4, 0.5) is 4.39 Å². The maximum atomic E-state index is 13.5. The second kappa shape index (κ2) is 11.3. The Morgan fingerprint density at radius 2 is 1.78 bits per heavy atom. The molecule has 0 saturated carbocycles. The smallest absolute Gasteiger partial charge is 0.100 e. The van der Waals surface area contributed by atoms with E-state index in [1.165, 1.54) is 21.7 Å². The Hall–Kier alpha value is -1.82. The monoisotopic (exact) mass is 509 g/mol. The van der Waals surface area contributed by atoms with Crippen molar-refractivity contribution in [3.63, 3.8) is 0 Å². The molecule has 3 aliphatic rings. The second-order valence-corrected chi connectivity index (χ2v) is 12.9. The molecule has 1 fully saturated rings. The number of rotatable bonds is 8. The molecule has 1 atom stereocenters. The Kier molecular flexibility index (Phi) is 8.53. The number of benzene rings is 1. The molecule has 2 aliphatic carbocycles. The molecule has 36 heavy (non-hydrogen) atoms. The lowest BCUT2D eigenvalue weighted by Gasteiger charge is -2.49. The van der Waals surface area contributed by atoms with Gasteiger partial charge in [-0.15, -0.1) is 0 Å². The van der Waals surface area contributed by atoms with E-state index in [1.54, 1.807) is 11.6 Å². The molecular weight excluding hydrogens is 465 g/mol. The summed E-state index contributed by atoms with van der Waals surface area (Å²) in [5.41, 5.74) is 7.01. The van der Waals surface area contributed by atoms with Crippen LogP contribution in [0.15, 0.2) is 75.8 Å². The van der Waals surface area contributed by atoms with Gasteiger partial charge in [0.1, 0.15) is 5.83 Å². The highest BCUT2D eigenvalue weighted by atomic mass is 32.2. The third kappa shape index (κ3) is 6.35. The molecule has 1 unspecified atom stereocenters. The molecule has 0 radical (unpaired) electrons. The van der Waals surface area contributed by atoms with Gasteiger partial charge in [0.05, 0.1) is 0 Å². The van der Waals surface area contributed by atoms with E-state index in [0.29, 0.717) is 6.42 Å². The van der Waals surface area contributed by atoms with Crippen LogP contribution in [-0.4, -0.2) is 41.9 Å². The van der Waals surface area contributed by atoms with Crippen molar-refractivity contribution in [2.45, 2.75) is 77.5 Å². The molecule has 196 valence electrons. The first-order valence-corrected chi connectivity index (χ1v) is 14.4. The number of allylic oxidation sites excluding steroid dienone is 6. The Morgan fingerprint density at radius 3 is 2.39 bits per heavy atom. The summed E-state index contributed by atoms with van der Waals surface area (Å²) >= 11 is 1.92. The van der Waals surface area contributed by atoms with E-state index >= 15 is 0 Å². The van der Waals surface area contributed by atoms with Gasteiger partial charge in [-0.25, -0.2) is 8.70 Å². The SMILES string of the molecule is CCN(CC)CC12CC(C)=C(NC3=CC=C(F)CC3)C=C1CCN(Sc1ccc(C(C)(C)C)cc1)C2. The molecule has 0 bridgehead atoms. The van der Waals surface area contributed by atoms with Crippen molar-refractivity contribution in [3.8, 4) is 0 Å². The third-order valence-electron chi connectivity index (χ3n) is 7.94. The zero-order chi connectivity index (χ0) is 25.9. The fraction of sp³-hybridized carbons (Fsp3) is 0.548. The van der Waals surface area contributed by atoms with Crippen LogP contribution in [-0.2, 0) is 5.41 Å². The molecule has 4 rings (SSSR count). The van der Waals surface area contributed by atoms with Crippen molar-refractivity contribution in [2.75, 3.05) is 32.7 Å². The van der Waals surface area contributed by atoms with Gasteiger partial charge >= 0.3 is 0 Å². The summed E-state index contributed by atoms with van der Waals surface area (Å²) in [7, 11) is 0. The summed E-state index contributed by atoms with van der Waals surface area (Å²) in [4.78, 5) is 3.91. The van der Waals surface area contributed by atoms with Gasteiger partial charge in [0.2, 0.25) is 0 Å². The minimum absolute atomic E-state index is 0.0237. The van der Waals surface area contributed by atoms with Crippen molar-refractivity contribution >= 4 is 11.9 Å². The van der Waals surface area contributed by atoms with Crippen molar-refractivity contribution in [1.82, 2.24) is 14.5 Å². The Morgan fingerprint density at radius 1 is 1.06 bits per heavy atom. The summed E-state index contributed by atoms with van der Waals surface area (Å²) in [5.74, 6) is -0.0237. The Labute approximate surface area is 222 Å². The normalized spacial score (nSPS) is 23.3. The van der Waals surface area contributed by atoms with Crippen molar-refractivity contribution < 1.29 is 4.39 Å². The quantitative estimate of drug-likeness (QED) is 0.361. The van der Waals surface area contributed by atoms with Crippen LogP contribution in [0.5, 0.6) is 0 Å². The predicted octanol–water partition coefficient (Wildman–Crippen LogP) is 7.75. The van der Waals surface area contributed by atoms with Crippen LogP contribution >= 0.6 is 11.9 Å². The highest BCUT2D eigenvalue weighted by molar-refractivity contribution is 7.97. The molecule has 1 aliphatic heterocycles. The average Bonchev–Trinajstić information content (AvgIpc) is 2.84. The zero-order valence-electron chi connectivity index (χ0n) is 23.1. The van der Waals surface area contributed by atoms with Gasteiger partial charge in [-0.1, -0.05) is 52.3 Å². The van der Waals surface area contributed by atoms with E-state index in [4.69, 9.17) is 0 Å². The molecule has 1 N–H and O–H groups in total. The minimum atomic E-state index is -0.0237. The van der Waals surface area contributed by atoms with E-state index in [1.807, 2.05) is 18.0 Å². The average molecular weight is 510 g/mol. The summed E-state index contributed by atoms with van der Waals surface area (Å²) < 4.78 is 16.1. The fourth-order valence-corrected chi connectivity index (χ4v) is 6.73. The lowest BCUT2D eigenvalue weighted by Crippen LogP contribution is -2.50. The molecule has 0 spiro atoms. The van der Waals surface area contributed by atoms with Crippen LogP contribution in [0.1, 0.15) is 72.8 Å². The largest absolute Gasteiger partial charge is 0.359 e. The van der Waals surface area contributed by atoms with Gasteiger partial charge in [-0.2, -0.15) is 0 Å². The second-order valence-electron chi connectivity index (χ2n) is 11.7. The highest BCUT2D eigenvalue weighted by Crippen LogP contribution is 2.47. The van der Waals surface area contributed by atoms with Crippen LogP contribution < -0.4 is 5.32 Å². The standard InChI is InChI=1S/C31H44FN3S/c1-7-34(8-2)21-31-20-23(3)29(33-27-13-11-26(32)12-14-27)19-25(31)17-18-35(22-31)36-28-15-9-24(10-16-28)30(4,5)6/h9-11,13,15-16,19,33H,7-8,12,14,17-18,20-22H2,1-6H3. The molecule has 1 aromatic rings. The lowest BCUT2D eigenvalue weighted by molar-refractivity contribution is 0.139. The molecule has 1 heterocycles. The molecule has 1 saturated heterocycles. The van der Waals surface area contributed by atoms with Crippen LogP contribution in [0.3, 0.4) is 0 Å². The molecular formula is C31H44FN3S. The number of hydrogen-bond acceptors (Lipinski definition) is 4. The van der Waals surface area contributed by atoms with Crippen LogP contribution in [0, 0.1) is 5.41 Å². The lowest BCUT2D eigenvalue weighted by atomic mass is 9.68. The predicted molar refractivity (Wildman–Crippen MR) is 152 cm³/mol. The summed E-state index contributed by atoms with van der Waals surface area (Å²) in [6.07, 6.45) is 9.32. The molecule has 0 aromatic heterocycles. The maximum absolute atomic E-state index is 13.5. The number of halogens is 1. The number of fused-ring (bicyclic) bond motifs is 1. The molecule has 1 aromatic carbocycles. The Balaban J connectivity index is 1.54. The Bertz CT molecular complexity index is 1060. The van der Waals surface area contributed by atoms with Gasteiger partial charge < -0.3 is 10.2 Å². The summed E-state index contributed by atoms with van der Waals surface area (Å²) in [6.45, 7) is 19.0. The van der Waals surface area contributed by atoms with Crippen LogP contribution in [0.2, 0.25) is 0 Å². The van der Waals surface area contributed by atoms with Gasteiger partial charge in [0, 0.05) is 47.8 Å². The zero-order valence-corrected chi connectivity index (χ0v) is 23.9. The third-order valence-corrected chi connectivity index (χ3v) is 8.99. The van der Waals surface area contributed by atoms with Gasteiger partial charge in [-0.05, 0) is 98.1 Å². The fourth-order valence-electron chi connectivity index (χ4n) is 5.68. The summed E-state index contributed by atoms with van der Waals surface area (Å²) in [5, 5.41) is 3.65. The van der Waals surface area contributed by atoms with E-state index < -0.39 is 0 Å². The van der Waals surface area contributed by atoms with E-state index in [-0.39, 0.29) is 16.7 Å². The van der Waals surface area contributed by atoms with Crippen molar-refractivity contribution in [1.29, 1.82) is 0 Å². The first-order chi connectivity index (χ1) is 17.1. The number of nitrogens with zero attached hydrogens (tertiary/aromatic N) is 2. The first-order valence-electron chi connectivity index (χ1n) is 13.6. The number of nitrogens with one attached hydrogen (secondary N) is 1. The minimum Gasteiger partial charge on any atom is -0.359 e. The van der Waals surface area contributed by atoms with Gasteiger partial charge in [0.15, 0.2) is 0 Å². The number of piperidine rings is 1. The molecule has 3 nitrogen and oxygen atoms in total. The molecule has 5 heteroatoms. The van der Waals surface area contributed by atoms with E-state index in [9.17, 15) is 4.39 Å². The summed E-state index contributed by atoms with van der Waals surface area (Å²) in [6, 6.07) is 9.15.